The van der Waals surface area contributed by atoms with Crippen molar-refractivity contribution >= 4 is 65.6 Å². The van der Waals surface area contributed by atoms with E-state index in [0.717, 1.165) is 0 Å². The molecule has 204 valence electrons. The number of carbonyl (C=O) groups excluding carboxylic acids is 8. The molecule has 4 aliphatic heterocycles. The second-order valence-corrected chi connectivity index (χ2v) is 6.72. The number of rotatable bonds is 2. The van der Waals surface area contributed by atoms with Crippen LogP contribution in [0.3, 0.4) is 0 Å². The lowest BCUT2D eigenvalue weighted by Crippen LogP contribution is -2.64. The lowest BCUT2D eigenvalue weighted by atomic mass is 10.1. The van der Waals surface area contributed by atoms with Gasteiger partial charge in [0.1, 0.15) is 5.97 Å². The van der Waals surface area contributed by atoms with Gasteiger partial charge in [0.2, 0.25) is 5.72 Å². The molecule has 0 bridgehead atoms. The summed E-state index contributed by atoms with van der Waals surface area (Å²) in [6.07, 6.45) is -1.04. The number of amides is 12. The highest BCUT2D eigenvalue weighted by Crippen LogP contribution is 2.16. The number of nitrogens with two attached hydrogens (primary N) is 2. The van der Waals surface area contributed by atoms with Crippen LogP contribution in [0.1, 0.15) is 0 Å². The summed E-state index contributed by atoms with van der Waals surface area (Å²) in [6.45, 7) is 0. The van der Waals surface area contributed by atoms with Crippen molar-refractivity contribution in [3.8, 4) is 0 Å². The molecule has 12 amide bonds. The number of nitrogens with zero attached hydrogens (tertiary/aromatic N) is 3. The highest BCUT2D eigenvalue weighted by molar-refractivity contribution is 6.26. The number of urea groups is 5. The molecule has 4 aliphatic rings. The molecule has 0 spiro atoms. The summed E-state index contributed by atoms with van der Waals surface area (Å²) in [7, 11) is 0. The van der Waals surface area contributed by atoms with Gasteiger partial charge in [-0.05, 0) is 0 Å². The molecule has 0 radical (unpaired) electrons. The van der Waals surface area contributed by atoms with Gasteiger partial charge in [0.15, 0.2) is 17.8 Å². The largest absolute Gasteiger partial charge is 0.845 e. The number of aliphatic carboxylic acids is 1. The molecule has 3 unspecified atom stereocenters. The van der Waals surface area contributed by atoms with E-state index in [0.29, 0.717) is 0 Å². The smallest absolute Gasteiger partial charge is 0.345 e. The molecule has 0 aliphatic carbocycles. The minimum Gasteiger partial charge on any atom is -0.845 e. The van der Waals surface area contributed by atoms with Gasteiger partial charge in [-0.25, -0.2) is 34.0 Å². The van der Waals surface area contributed by atoms with Gasteiger partial charge in [-0.2, -0.15) is 4.99 Å². The summed E-state index contributed by atoms with van der Waals surface area (Å²) >= 11 is 0. The predicted molar refractivity (Wildman–Crippen MR) is 108 cm³/mol. The maximum absolute atomic E-state index is 11.0. The Morgan fingerprint density at radius 1 is 0.947 bits per heavy atom. The number of carbonyl (C=O) groups is 8. The number of nitrogens with one attached hydrogen (secondary N) is 7. The summed E-state index contributed by atoms with van der Waals surface area (Å²) in [4.78, 5) is 93.5. The summed E-state index contributed by atoms with van der Waals surface area (Å²) in [5, 5.41) is 52.7. The number of aliphatic hydroxyl groups is 2. The molecule has 0 saturated carbocycles. The van der Waals surface area contributed by atoms with Crippen LogP contribution < -0.4 is 58.9 Å². The molecule has 24 nitrogen and oxygen atoms in total. The number of amidine groups is 3. The van der Waals surface area contributed by atoms with E-state index in [-0.39, 0.29) is 0 Å². The first-order valence-corrected chi connectivity index (χ1v) is 9.27. The monoisotopic (exact) mass is 542 g/mol. The lowest BCUT2D eigenvalue weighted by Gasteiger charge is -2.25. The van der Waals surface area contributed by atoms with Crippen LogP contribution in [0.5, 0.6) is 0 Å². The Morgan fingerprint density at radius 3 is 2.08 bits per heavy atom. The molecule has 13 N–H and O–H groups in total. The third-order valence-electron chi connectivity index (χ3n) is 4.01. The van der Waals surface area contributed by atoms with Crippen LogP contribution in [-0.2, 0) is 14.4 Å². The zero-order chi connectivity index (χ0) is 29.0. The first kappa shape index (κ1) is 28.3. The average molecular weight is 542 g/mol. The van der Waals surface area contributed by atoms with Crippen molar-refractivity contribution in [2.45, 2.75) is 17.6 Å². The number of hydrogen-bond donors (Lipinski definition) is 11. The number of primary amides is 2. The number of fused-ring (bicyclic) bond motifs is 1. The quantitative estimate of drug-likeness (QED) is 0.145. The van der Waals surface area contributed by atoms with Crippen molar-refractivity contribution in [3.05, 3.63) is 0 Å². The third kappa shape index (κ3) is 6.20. The van der Waals surface area contributed by atoms with Crippen molar-refractivity contribution in [1.82, 2.24) is 37.2 Å². The molecular formula is C14H14N12O12-2. The second kappa shape index (κ2) is 10.4. The molecule has 2 fully saturated rings. The van der Waals surface area contributed by atoms with Crippen molar-refractivity contribution in [1.29, 1.82) is 0 Å². The highest BCUT2D eigenvalue weighted by atomic mass is 16.4. The molecule has 0 aromatic rings. The van der Waals surface area contributed by atoms with E-state index < -0.39 is 83.2 Å². The molecule has 38 heavy (non-hydrogen) atoms. The number of imide groups is 2. The molecule has 2 saturated heterocycles. The fourth-order valence-electron chi connectivity index (χ4n) is 2.46. The number of hydrogen-bond acceptors (Lipinski definition) is 14. The summed E-state index contributed by atoms with van der Waals surface area (Å²) in [5.41, 5.74) is 4.15. The van der Waals surface area contributed by atoms with Crippen LogP contribution in [0.4, 0.5) is 24.0 Å². The zero-order valence-electron chi connectivity index (χ0n) is 18.1. The highest BCUT2D eigenvalue weighted by Gasteiger charge is 2.49. The van der Waals surface area contributed by atoms with Gasteiger partial charge < -0.3 is 47.3 Å². The summed E-state index contributed by atoms with van der Waals surface area (Å²) in [5.74, 6) is -5.01. The van der Waals surface area contributed by atoms with Gasteiger partial charge in [-0.3, -0.25) is 36.2 Å². The second-order valence-electron chi connectivity index (χ2n) is 6.72. The third-order valence-corrected chi connectivity index (χ3v) is 4.01. The van der Waals surface area contributed by atoms with E-state index in [1.807, 2.05) is 16.0 Å². The maximum atomic E-state index is 11.0. The van der Waals surface area contributed by atoms with Crippen LogP contribution in [0.15, 0.2) is 15.0 Å². The van der Waals surface area contributed by atoms with E-state index in [2.05, 4.69) is 26.0 Å². The van der Waals surface area contributed by atoms with Crippen molar-refractivity contribution in [2.24, 2.45) is 26.4 Å². The zero-order valence-corrected chi connectivity index (χ0v) is 18.1. The van der Waals surface area contributed by atoms with Gasteiger partial charge in [0, 0.05) is 0 Å². The van der Waals surface area contributed by atoms with E-state index in [1.54, 1.807) is 16.0 Å². The van der Waals surface area contributed by atoms with Crippen molar-refractivity contribution in [3.63, 3.8) is 0 Å². The number of carboxylic acid groups (broad SMARTS) is 1. The molecule has 3 atom stereocenters. The fourth-order valence-corrected chi connectivity index (χ4v) is 2.46. The minimum atomic E-state index is -2.84. The van der Waals surface area contributed by atoms with E-state index >= 15 is 0 Å². The van der Waals surface area contributed by atoms with E-state index in [1.165, 1.54) is 0 Å². The van der Waals surface area contributed by atoms with Crippen LogP contribution in [0.2, 0.25) is 0 Å². The Hall–Kier alpha value is -5.91. The fraction of sp³-hybridized carbons (Fsp3) is 0.214. The molecule has 4 heterocycles. The average Bonchev–Trinajstić information content (AvgIpc) is 3.34. The van der Waals surface area contributed by atoms with Crippen LogP contribution in [-0.4, -0.2) is 93.5 Å². The van der Waals surface area contributed by atoms with Gasteiger partial charge in [-0.1, -0.05) is 0 Å². The Labute approximate surface area is 206 Å². The van der Waals surface area contributed by atoms with Gasteiger partial charge in [0.05, 0.1) is 6.02 Å². The first-order chi connectivity index (χ1) is 17.5. The van der Waals surface area contributed by atoms with Gasteiger partial charge in [0.25, 0.3) is 17.5 Å². The Bertz CT molecular complexity index is 1240. The van der Waals surface area contributed by atoms with Crippen LogP contribution in [0.25, 0.3) is 0 Å². The molecule has 4 rings (SSSR count). The topological polar surface area (TPSA) is 396 Å². The first-order valence-electron chi connectivity index (χ1n) is 9.27. The summed E-state index contributed by atoms with van der Waals surface area (Å²) in [6, 6.07) is -5.66. The lowest BCUT2D eigenvalue weighted by molar-refractivity contribution is -0.320. The standard InChI is InChI=1S/C5H6N4O5.C5H4N4O4.C4H6N4O3/c6-3(12)7-1-5(14,2(10)11)9-4(13)8-1;10-2-5(13)1(6-3(11)8-2)7-4(12)9-5;5-3(10)6-1-2(9)8-4(11)7-1/h14H,(H,10,11)(H4,6,7,8,9,12,13);13H,(H3,6,7,8,9,10,11,12);1H,(H3,5,6,10)(H2,7,8,9,11)/p-2. The maximum Gasteiger partial charge on any atom is 0.345 e. The predicted octanol–water partition coefficient (Wildman–Crippen LogP) is -9.32. The molecule has 0 aromatic carbocycles. The van der Waals surface area contributed by atoms with E-state index in [9.17, 15) is 58.8 Å². The normalized spacial score (nSPS) is 26.5. The number of carboxylic acids is 1. The van der Waals surface area contributed by atoms with E-state index in [4.69, 9.17) is 5.73 Å². The molecular weight excluding hydrogens is 528 g/mol. The SMILES string of the molecule is NC(=O)NC1=NC(=O)NC1(O)C(=O)[O-].NC(=O)NC1NC(=O)NC1=O.O=C1NC(=O)C2(O)N=C([O-])N=C2N1. The number of aliphatic imine (C=N–C) groups is 3. The molecule has 24 heteroatoms. The van der Waals surface area contributed by atoms with Crippen molar-refractivity contribution < 1.29 is 58.8 Å². The van der Waals surface area contributed by atoms with Crippen LogP contribution >= 0.6 is 0 Å². The Balaban J connectivity index is 0.000000202. The summed E-state index contributed by atoms with van der Waals surface area (Å²) < 4.78 is 0. The Kier molecular flexibility index (Phi) is 7.73. The molecule has 0 aromatic heterocycles. The van der Waals surface area contributed by atoms with Gasteiger partial charge in [-0.15, -0.1) is 0 Å². The van der Waals surface area contributed by atoms with Crippen molar-refractivity contribution in [2.75, 3.05) is 0 Å². The Morgan fingerprint density at radius 2 is 1.58 bits per heavy atom. The van der Waals surface area contributed by atoms with Crippen LogP contribution in [0, 0.1) is 0 Å². The minimum absolute atomic E-state index is 0.453. The van der Waals surface area contributed by atoms with Gasteiger partial charge >= 0.3 is 30.2 Å².